The Hall–Kier alpha value is -5.55. The lowest BCUT2D eigenvalue weighted by molar-refractivity contribution is 0.723. The summed E-state index contributed by atoms with van der Waals surface area (Å²) < 4.78 is 1.38. The molecule has 240 valence electrons. The van der Waals surface area contributed by atoms with Crippen molar-refractivity contribution in [1.82, 2.24) is 9.97 Å². The van der Waals surface area contributed by atoms with Crippen LogP contribution in [0.2, 0.25) is 0 Å². The van der Waals surface area contributed by atoms with Crippen LogP contribution in [-0.2, 0) is 11.8 Å². The Kier molecular flexibility index (Phi) is 6.43. The van der Waals surface area contributed by atoms with Gasteiger partial charge in [-0.1, -0.05) is 145 Å². The van der Waals surface area contributed by atoms with Crippen molar-refractivity contribution in [2.24, 2.45) is 0 Å². The van der Waals surface area contributed by atoms with Gasteiger partial charge in [-0.3, -0.25) is 0 Å². The molecular weight excluding hydrogens is 657 g/mol. The molecule has 1 atom stereocenters. The Morgan fingerprint density at radius 1 is 0.569 bits per heavy atom. The molecule has 0 radical (unpaired) electrons. The van der Waals surface area contributed by atoms with Crippen LogP contribution >= 0.6 is 23.1 Å². The lowest BCUT2D eigenvalue weighted by Gasteiger charge is -2.40. The molecule has 1 aliphatic heterocycles. The zero-order valence-electron chi connectivity index (χ0n) is 27.6. The summed E-state index contributed by atoms with van der Waals surface area (Å²) in [4.78, 5) is 14.4. The topological polar surface area (TPSA) is 25.8 Å². The SMILES string of the molecule is C1=Cc2sc3ccc4c(c3c2CC1)-c1ccccc1C41c2ccccc2Sc2c(-c3cc(-c4ccccc4)nc(-c4ccccc4)n3)cccc21. The first-order valence-corrected chi connectivity index (χ1v) is 19.2. The van der Waals surface area contributed by atoms with Gasteiger partial charge in [-0.15, -0.1) is 11.3 Å². The van der Waals surface area contributed by atoms with E-state index in [2.05, 4.69) is 152 Å². The number of aryl methyl sites for hydroxylation is 1. The average molecular weight is 687 g/mol. The first-order valence-electron chi connectivity index (χ1n) is 17.6. The maximum atomic E-state index is 5.32. The zero-order chi connectivity index (χ0) is 33.5. The number of benzene rings is 6. The van der Waals surface area contributed by atoms with Crippen LogP contribution in [0.15, 0.2) is 161 Å². The highest BCUT2D eigenvalue weighted by Gasteiger charge is 2.51. The van der Waals surface area contributed by atoms with Crippen molar-refractivity contribution in [1.29, 1.82) is 0 Å². The molecule has 3 aliphatic rings. The number of hydrogen-bond donors (Lipinski definition) is 0. The molecule has 0 fully saturated rings. The molecule has 2 aromatic heterocycles. The summed E-state index contributed by atoms with van der Waals surface area (Å²) in [5.74, 6) is 0.732. The second-order valence-electron chi connectivity index (χ2n) is 13.5. The molecular formula is C47H30N2S2. The van der Waals surface area contributed by atoms with E-state index in [0.717, 1.165) is 46.7 Å². The van der Waals surface area contributed by atoms with Gasteiger partial charge in [0.2, 0.25) is 0 Å². The van der Waals surface area contributed by atoms with E-state index >= 15 is 0 Å². The molecule has 11 rings (SSSR count). The van der Waals surface area contributed by atoms with Gasteiger partial charge < -0.3 is 0 Å². The number of allylic oxidation sites excluding steroid dienone is 1. The van der Waals surface area contributed by atoms with Gasteiger partial charge >= 0.3 is 0 Å². The van der Waals surface area contributed by atoms with Crippen LogP contribution in [0.25, 0.3) is 61.2 Å². The summed E-state index contributed by atoms with van der Waals surface area (Å²) in [5, 5.41) is 1.45. The highest BCUT2D eigenvalue weighted by atomic mass is 32.2. The maximum absolute atomic E-state index is 5.32. The van der Waals surface area contributed by atoms with Crippen molar-refractivity contribution in [2.45, 2.75) is 28.0 Å². The summed E-state index contributed by atoms with van der Waals surface area (Å²) in [6.45, 7) is 0. The smallest absolute Gasteiger partial charge is 0.160 e. The van der Waals surface area contributed by atoms with Gasteiger partial charge in [-0.2, -0.15) is 0 Å². The molecule has 0 amide bonds. The van der Waals surface area contributed by atoms with E-state index in [9.17, 15) is 0 Å². The van der Waals surface area contributed by atoms with E-state index in [1.165, 1.54) is 63.7 Å². The van der Waals surface area contributed by atoms with E-state index in [4.69, 9.17) is 9.97 Å². The Bertz CT molecular complexity index is 2670. The minimum Gasteiger partial charge on any atom is -0.228 e. The van der Waals surface area contributed by atoms with Crippen LogP contribution < -0.4 is 0 Å². The summed E-state index contributed by atoms with van der Waals surface area (Å²) in [5.41, 5.74) is 14.3. The van der Waals surface area contributed by atoms with Crippen LogP contribution in [0.4, 0.5) is 0 Å². The van der Waals surface area contributed by atoms with Gasteiger partial charge in [0.05, 0.1) is 16.8 Å². The summed E-state index contributed by atoms with van der Waals surface area (Å²) in [7, 11) is 0. The minimum absolute atomic E-state index is 0.468. The number of fused-ring (bicyclic) bond motifs is 13. The molecule has 3 heterocycles. The Morgan fingerprint density at radius 2 is 1.27 bits per heavy atom. The van der Waals surface area contributed by atoms with E-state index < -0.39 is 5.41 Å². The molecule has 0 N–H and O–H groups in total. The molecule has 1 unspecified atom stereocenters. The maximum Gasteiger partial charge on any atom is 0.160 e. The predicted molar refractivity (Wildman–Crippen MR) is 213 cm³/mol. The van der Waals surface area contributed by atoms with Crippen molar-refractivity contribution < 1.29 is 0 Å². The Morgan fingerprint density at radius 3 is 2.14 bits per heavy atom. The molecule has 1 spiro atoms. The van der Waals surface area contributed by atoms with Gasteiger partial charge in [0.25, 0.3) is 0 Å². The average Bonchev–Trinajstić information content (AvgIpc) is 3.72. The monoisotopic (exact) mass is 686 g/mol. The lowest BCUT2D eigenvalue weighted by Crippen LogP contribution is -2.32. The number of aromatic nitrogens is 2. The standard InChI is InChI=1S/C47H30N2S2/c1-3-14-29(15-4-1)38-28-39(49-46(48-38)30-16-5-2-6-17-30)32-20-13-23-37-45(32)51-41-25-12-10-22-35(41)47(37)34-21-9-7-18-31(34)43-36(47)26-27-42-44(43)33-19-8-11-24-40(33)50-42/h1-7,9-18,20-28H,8,19H2. The molecule has 0 saturated heterocycles. The first-order chi connectivity index (χ1) is 25.3. The van der Waals surface area contributed by atoms with E-state index in [1.54, 1.807) is 0 Å². The fourth-order valence-corrected chi connectivity index (χ4v) is 11.2. The molecule has 51 heavy (non-hydrogen) atoms. The molecule has 2 nitrogen and oxygen atoms in total. The van der Waals surface area contributed by atoms with Crippen molar-refractivity contribution in [2.75, 3.05) is 0 Å². The fourth-order valence-electron chi connectivity index (χ4n) is 8.74. The molecule has 8 aromatic rings. The summed E-state index contributed by atoms with van der Waals surface area (Å²) in [6.07, 6.45) is 6.86. The molecule has 0 saturated carbocycles. The Balaban J connectivity index is 1.23. The normalized spacial score (nSPS) is 16.4. The third-order valence-electron chi connectivity index (χ3n) is 10.8. The first kappa shape index (κ1) is 29.2. The van der Waals surface area contributed by atoms with E-state index in [1.807, 2.05) is 29.2 Å². The molecule has 6 aromatic carbocycles. The largest absolute Gasteiger partial charge is 0.228 e. The van der Waals surface area contributed by atoms with Crippen LogP contribution in [0.3, 0.4) is 0 Å². The number of hydrogen-bond acceptors (Lipinski definition) is 4. The molecule has 4 heteroatoms. The van der Waals surface area contributed by atoms with Crippen LogP contribution in [0.1, 0.15) is 39.1 Å². The third-order valence-corrected chi connectivity index (χ3v) is 13.2. The van der Waals surface area contributed by atoms with Crippen molar-refractivity contribution in [3.63, 3.8) is 0 Å². The highest BCUT2D eigenvalue weighted by Crippen LogP contribution is 2.64. The van der Waals surface area contributed by atoms with Crippen LogP contribution in [-0.4, -0.2) is 9.97 Å². The predicted octanol–water partition coefficient (Wildman–Crippen LogP) is 12.5. The minimum atomic E-state index is -0.468. The summed E-state index contributed by atoms with van der Waals surface area (Å²) in [6, 6.07) is 53.0. The van der Waals surface area contributed by atoms with E-state index in [0.29, 0.717) is 0 Å². The van der Waals surface area contributed by atoms with Gasteiger partial charge in [0, 0.05) is 41.4 Å². The number of nitrogens with zero attached hydrogens (tertiary/aromatic N) is 2. The van der Waals surface area contributed by atoms with Gasteiger partial charge in [0.1, 0.15) is 0 Å². The highest BCUT2D eigenvalue weighted by molar-refractivity contribution is 7.99. The quantitative estimate of drug-likeness (QED) is 0.185. The van der Waals surface area contributed by atoms with Crippen molar-refractivity contribution in [3.05, 3.63) is 184 Å². The second kappa shape index (κ2) is 11.2. The molecule has 2 aliphatic carbocycles. The van der Waals surface area contributed by atoms with Crippen LogP contribution in [0.5, 0.6) is 0 Å². The second-order valence-corrected chi connectivity index (χ2v) is 15.7. The van der Waals surface area contributed by atoms with Crippen molar-refractivity contribution in [3.8, 4) is 45.0 Å². The van der Waals surface area contributed by atoms with Gasteiger partial charge in [-0.05, 0) is 76.1 Å². The Labute approximate surface area is 305 Å². The third kappa shape index (κ3) is 4.18. The van der Waals surface area contributed by atoms with Gasteiger partial charge in [0.15, 0.2) is 5.82 Å². The number of thiophene rings is 1. The van der Waals surface area contributed by atoms with Crippen LogP contribution in [0, 0.1) is 0 Å². The number of rotatable bonds is 3. The molecule has 0 bridgehead atoms. The summed E-state index contributed by atoms with van der Waals surface area (Å²) >= 11 is 3.82. The van der Waals surface area contributed by atoms with Gasteiger partial charge in [-0.25, -0.2) is 9.97 Å². The van der Waals surface area contributed by atoms with E-state index in [-0.39, 0.29) is 0 Å². The zero-order valence-corrected chi connectivity index (χ0v) is 29.3. The lowest BCUT2D eigenvalue weighted by atomic mass is 9.67. The fraction of sp³-hybridized carbons (Fsp3) is 0.0638. The van der Waals surface area contributed by atoms with Crippen molar-refractivity contribution >= 4 is 39.3 Å².